The van der Waals surface area contributed by atoms with E-state index in [9.17, 15) is 9.59 Å². The number of aromatic nitrogens is 3. The summed E-state index contributed by atoms with van der Waals surface area (Å²) in [5.74, 6) is -1.22. The van der Waals surface area contributed by atoms with Crippen molar-refractivity contribution in [1.29, 1.82) is 0 Å². The molecule has 0 saturated carbocycles. The van der Waals surface area contributed by atoms with Gasteiger partial charge in [0.25, 0.3) is 11.8 Å². The molecule has 0 radical (unpaired) electrons. The lowest BCUT2D eigenvalue weighted by atomic mass is 9.85. The van der Waals surface area contributed by atoms with Crippen LogP contribution in [0.1, 0.15) is 63.9 Å². The molecule has 5 rings (SSSR count). The zero-order valence-electron chi connectivity index (χ0n) is 22.9. The predicted octanol–water partition coefficient (Wildman–Crippen LogP) is 6.30. The number of nitrogens with zero attached hydrogens (tertiary/aromatic N) is 3. The average molecular weight is 561 g/mol. The summed E-state index contributed by atoms with van der Waals surface area (Å²) in [4.78, 5) is 29.9. The molecular weight excluding hydrogens is 531 g/mol. The second-order valence-corrected chi connectivity index (χ2v) is 11.4. The lowest BCUT2D eigenvalue weighted by molar-refractivity contribution is 0.0998. The summed E-state index contributed by atoms with van der Waals surface area (Å²) >= 11 is 6.02. The molecule has 0 spiro atoms. The highest BCUT2D eigenvalue weighted by molar-refractivity contribution is 6.31. The standard InChI is InChI=1S/C30H30ClFN6O2/c1-15-19(29(40)36-23-11-9-21(31)16(2)34-23)7-8-20(25(15)32)26-24(27(33)39)28-35-22-10-6-18(30(3,4)5)14-17(22)12-13-38(28)37-26/h6-11,14,35H,12-13H2,1-5H3,(H2,33,39)(H,34,36,40). The highest BCUT2D eigenvalue weighted by Gasteiger charge is 2.29. The van der Waals surface area contributed by atoms with Crippen LogP contribution < -0.4 is 16.4 Å². The molecule has 4 aromatic rings. The van der Waals surface area contributed by atoms with Crippen molar-refractivity contribution in [2.45, 2.75) is 53.0 Å². The Balaban J connectivity index is 1.51. The van der Waals surface area contributed by atoms with E-state index in [0.29, 0.717) is 35.3 Å². The first kappa shape index (κ1) is 27.3. The largest absolute Gasteiger partial charge is 0.365 e. The zero-order chi connectivity index (χ0) is 28.9. The Morgan fingerprint density at radius 2 is 1.88 bits per heavy atom. The van der Waals surface area contributed by atoms with Gasteiger partial charge in [-0.3, -0.25) is 9.59 Å². The van der Waals surface area contributed by atoms with Crippen LogP contribution in [0.2, 0.25) is 5.02 Å². The van der Waals surface area contributed by atoms with E-state index >= 15 is 4.39 Å². The Bertz CT molecular complexity index is 1690. The van der Waals surface area contributed by atoms with Gasteiger partial charge in [0.2, 0.25) is 0 Å². The van der Waals surface area contributed by atoms with Gasteiger partial charge in [-0.2, -0.15) is 5.10 Å². The van der Waals surface area contributed by atoms with E-state index in [1.165, 1.54) is 24.6 Å². The normalized spacial score (nSPS) is 12.7. The number of anilines is 3. The number of pyridine rings is 1. The molecule has 1 aliphatic heterocycles. The van der Waals surface area contributed by atoms with E-state index in [4.69, 9.17) is 17.3 Å². The molecule has 3 heterocycles. The summed E-state index contributed by atoms with van der Waals surface area (Å²) < 4.78 is 17.5. The molecule has 0 aliphatic carbocycles. The first-order valence-corrected chi connectivity index (χ1v) is 13.3. The maximum Gasteiger partial charge on any atom is 0.257 e. The number of nitrogens with one attached hydrogen (secondary N) is 2. The summed E-state index contributed by atoms with van der Waals surface area (Å²) in [5.41, 5.74) is 10.0. The second kappa shape index (κ2) is 10.1. The third-order valence-electron chi connectivity index (χ3n) is 7.17. The lowest BCUT2D eigenvalue weighted by Crippen LogP contribution is -2.16. The molecule has 40 heavy (non-hydrogen) atoms. The van der Waals surface area contributed by atoms with Gasteiger partial charge >= 0.3 is 0 Å². The number of carbonyl (C=O) groups excluding carboxylic acids is 2. The van der Waals surface area contributed by atoms with Crippen LogP contribution in [0.3, 0.4) is 0 Å². The van der Waals surface area contributed by atoms with Gasteiger partial charge in [-0.1, -0.05) is 44.5 Å². The molecule has 1 aliphatic rings. The molecule has 4 N–H and O–H groups in total. The molecule has 2 aromatic heterocycles. The quantitative estimate of drug-likeness (QED) is 0.271. The zero-order valence-corrected chi connectivity index (χ0v) is 23.7. The maximum absolute atomic E-state index is 15.8. The third-order valence-corrected chi connectivity index (χ3v) is 7.56. The smallest absolute Gasteiger partial charge is 0.257 e. The molecule has 0 unspecified atom stereocenters. The van der Waals surface area contributed by atoms with Gasteiger partial charge in [-0.05, 0) is 72.7 Å². The molecule has 8 nitrogen and oxygen atoms in total. The Morgan fingerprint density at radius 3 is 2.55 bits per heavy atom. The number of carbonyl (C=O) groups is 2. The van der Waals surface area contributed by atoms with Crippen molar-refractivity contribution in [1.82, 2.24) is 14.8 Å². The van der Waals surface area contributed by atoms with E-state index in [0.717, 1.165) is 11.3 Å². The van der Waals surface area contributed by atoms with Crippen LogP contribution >= 0.6 is 11.6 Å². The van der Waals surface area contributed by atoms with Gasteiger partial charge in [0.15, 0.2) is 0 Å². The molecule has 2 amide bonds. The van der Waals surface area contributed by atoms with Crippen molar-refractivity contribution >= 4 is 40.7 Å². The van der Waals surface area contributed by atoms with E-state index in [-0.39, 0.29) is 33.4 Å². The average Bonchev–Trinajstić information content (AvgIpc) is 3.14. The Labute approximate surface area is 236 Å². The van der Waals surface area contributed by atoms with Crippen LogP contribution in [0.4, 0.5) is 21.7 Å². The van der Waals surface area contributed by atoms with Crippen molar-refractivity contribution in [2.24, 2.45) is 5.73 Å². The molecule has 0 fully saturated rings. The topological polar surface area (TPSA) is 115 Å². The van der Waals surface area contributed by atoms with Crippen LogP contribution in [0.25, 0.3) is 11.3 Å². The van der Waals surface area contributed by atoms with E-state index in [2.05, 4.69) is 53.6 Å². The fourth-order valence-electron chi connectivity index (χ4n) is 4.83. The minimum Gasteiger partial charge on any atom is -0.365 e. The van der Waals surface area contributed by atoms with Crippen molar-refractivity contribution in [3.05, 3.63) is 86.8 Å². The highest BCUT2D eigenvalue weighted by atomic mass is 35.5. The third kappa shape index (κ3) is 4.93. The van der Waals surface area contributed by atoms with Crippen LogP contribution in [0, 0.1) is 19.7 Å². The number of fused-ring (bicyclic) bond motifs is 2. The summed E-state index contributed by atoms with van der Waals surface area (Å²) in [6.07, 6.45) is 0.664. The van der Waals surface area contributed by atoms with Crippen LogP contribution in [-0.2, 0) is 18.4 Å². The van der Waals surface area contributed by atoms with Crippen LogP contribution in [0.5, 0.6) is 0 Å². The van der Waals surface area contributed by atoms with Crippen molar-refractivity contribution < 1.29 is 14.0 Å². The van der Waals surface area contributed by atoms with Crippen LogP contribution in [0.15, 0.2) is 42.5 Å². The Morgan fingerprint density at radius 1 is 1.12 bits per heavy atom. The number of nitrogens with two attached hydrogens (primary N) is 1. The number of benzene rings is 2. The van der Waals surface area contributed by atoms with Crippen molar-refractivity contribution in [2.75, 3.05) is 10.6 Å². The first-order chi connectivity index (χ1) is 18.8. The van der Waals surface area contributed by atoms with E-state index in [1.807, 2.05) is 6.07 Å². The fourth-order valence-corrected chi connectivity index (χ4v) is 4.93. The second-order valence-electron chi connectivity index (χ2n) is 11.0. The summed E-state index contributed by atoms with van der Waals surface area (Å²) in [6.45, 7) is 10.2. The van der Waals surface area contributed by atoms with Gasteiger partial charge in [-0.25, -0.2) is 14.1 Å². The summed E-state index contributed by atoms with van der Waals surface area (Å²) in [7, 11) is 0. The molecule has 0 saturated heterocycles. The number of hydrogen-bond donors (Lipinski definition) is 3. The van der Waals surface area contributed by atoms with Gasteiger partial charge < -0.3 is 16.4 Å². The van der Waals surface area contributed by atoms with Gasteiger partial charge in [0.05, 0.1) is 10.7 Å². The first-order valence-electron chi connectivity index (χ1n) is 12.9. The fraction of sp³-hybridized carbons (Fsp3) is 0.267. The molecule has 0 bridgehead atoms. The van der Waals surface area contributed by atoms with Crippen molar-refractivity contribution in [3.8, 4) is 11.3 Å². The number of primary amides is 1. The predicted molar refractivity (Wildman–Crippen MR) is 155 cm³/mol. The number of hydrogen-bond acceptors (Lipinski definition) is 5. The van der Waals surface area contributed by atoms with Crippen molar-refractivity contribution in [3.63, 3.8) is 0 Å². The molecule has 206 valence electrons. The minimum absolute atomic E-state index is 0.0107. The highest BCUT2D eigenvalue weighted by Crippen LogP contribution is 2.37. The van der Waals surface area contributed by atoms with E-state index < -0.39 is 17.6 Å². The number of rotatable bonds is 4. The van der Waals surface area contributed by atoms with E-state index in [1.54, 1.807) is 23.7 Å². The van der Waals surface area contributed by atoms with Gasteiger partial charge in [0, 0.05) is 23.4 Å². The number of amides is 2. The number of aryl methyl sites for hydroxylation is 3. The monoisotopic (exact) mass is 560 g/mol. The minimum atomic E-state index is -0.735. The summed E-state index contributed by atoms with van der Waals surface area (Å²) in [5, 5.41) is 11.1. The Kier molecular flexibility index (Phi) is 6.87. The van der Waals surface area contributed by atoms with Gasteiger partial charge in [0.1, 0.15) is 28.7 Å². The molecule has 2 aromatic carbocycles. The van der Waals surface area contributed by atoms with Gasteiger partial charge in [-0.15, -0.1) is 0 Å². The summed E-state index contributed by atoms with van der Waals surface area (Å²) in [6, 6.07) is 12.3. The SMILES string of the molecule is Cc1nc(NC(=O)c2ccc(-c3nn4c(c3C(N)=O)Nc3ccc(C(C)(C)C)cc3CC4)c(F)c2C)ccc1Cl. The Hall–Kier alpha value is -4.24. The maximum atomic E-state index is 15.8. The lowest BCUT2D eigenvalue weighted by Gasteiger charge is -2.21. The van der Waals surface area contributed by atoms with Crippen LogP contribution in [-0.4, -0.2) is 26.6 Å². The molecule has 10 heteroatoms. The number of halogens is 2. The molecule has 0 atom stereocenters. The molecular formula is C30H30ClFN6O2.